The predicted octanol–water partition coefficient (Wildman–Crippen LogP) is 7.13. The summed E-state index contributed by atoms with van der Waals surface area (Å²) in [5.74, 6) is 0. The number of hydrogen-bond acceptors (Lipinski definition) is 2. The lowest BCUT2D eigenvalue weighted by Crippen LogP contribution is -2.21. The molecule has 3 heteroatoms. The SMILES string of the molecule is CC(C)(C)c1ccc(N=CN(O)c2cc(C(C)(C)C)cc(C(C)(C)C)c2)cc1. The summed E-state index contributed by atoms with van der Waals surface area (Å²) in [6, 6.07) is 14.4. The molecule has 0 bridgehead atoms. The van der Waals surface area contributed by atoms with E-state index in [0.717, 1.165) is 16.4 Å². The molecule has 0 radical (unpaired) electrons. The third-order valence-electron chi connectivity index (χ3n) is 4.96. The molecular weight excluding hydrogens is 344 g/mol. The fraction of sp³-hybridized carbons (Fsp3) is 0.480. The van der Waals surface area contributed by atoms with Crippen molar-refractivity contribution in [2.45, 2.75) is 78.6 Å². The third kappa shape index (κ3) is 5.68. The van der Waals surface area contributed by atoms with Crippen LogP contribution in [0.2, 0.25) is 0 Å². The van der Waals surface area contributed by atoms with E-state index in [-0.39, 0.29) is 16.2 Å². The molecule has 0 spiro atoms. The van der Waals surface area contributed by atoms with Gasteiger partial charge in [0.2, 0.25) is 0 Å². The second-order valence-corrected chi connectivity index (χ2v) is 10.7. The molecule has 0 aliphatic rings. The Morgan fingerprint density at radius 2 is 1.11 bits per heavy atom. The number of nitrogens with zero attached hydrogens (tertiary/aromatic N) is 2. The zero-order valence-corrected chi connectivity index (χ0v) is 19.0. The maximum absolute atomic E-state index is 10.6. The van der Waals surface area contributed by atoms with Crippen molar-refractivity contribution in [3.63, 3.8) is 0 Å². The van der Waals surface area contributed by atoms with Gasteiger partial charge in [-0.25, -0.2) is 10.1 Å². The van der Waals surface area contributed by atoms with Crippen LogP contribution in [0.5, 0.6) is 0 Å². The quantitative estimate of drug-likeness (QED) is 0.349. The van der Waals surface area contributed by atoms with E-state index < -0.39 is 0 Å². The first-order chi connectivity index (χ1) is 12.7. The van der Waals surface area contributed by atoms with Crippen LogP contribution in [0.3, 0.4) is 0 Å². The molecule has 0 unspecified atom stereocenters. The molecule has 0 saturated heterocycles. The lowest BCUT2D eigenvalue weighted by molar-refractivity contribution is 0.316. The summed E-state index contributed by atoms with van der Waals surface area (Å²) >= 11 is 0. The Morgan fingerprint density at radius 3 is 1.50 bits per heavy atom. The number of hydrogen-bond donors (Lipinski definition) is 1. The summed E-state index contributed by atoms with van der Waals surface area (Å²) in [6.45, 7) is 19.7. The molecule has 2 rings (SSSR count). The van der Waals surface area contributed by atoms with Gasteiger partial charge < -0.3 is 0 Å². The lowest BCUT2D eigenvalue weighted by Gasteiger charge is -2.27. The number of anilines is 1. The minimum atomic E-state index is -0.00319. The topological polar surface area (TPSA) is 35.8 Å². The molecule has 28 heavy (non-hydrogen) atoms. The highest BCUT2D eigenvalue weighted by atomic mass is 16.5. The lowest BCUT2D eigenvalue weighted by atomic mass is 9.80. The van der Waals surface area contributed by atoms with E-state index in [0.29, 0.717) is 0 Å². The molecule has 1 N–H and O–H groups in total. The van der Waals surface area contributed by atoms with E-state index >= 15 is 0 Å². The minimum Gasteiger partial charge on any atom is -0.283 e. The molecule has 0 aliphatic carbocycles. The number of rotatable bonds is 3. The second-order valence-electron chi connectivity index (χ2n) is 10.7. The molecular formula is C25H36N2O. The summed E-state index contributed by atoms with van der Waals surface area (Å²) in [4.78, 5) is 4.44. The van der Waals surface area contributed by atoms with Crippen LogP contribution in [-0.4, -0.2) is 11.5 Å². The van der Waals surface area contributed by atoms with Gasteiger partial charge in [0.25, 0.3) is 0 Å². The minimum absolute atomic E-state index is 0.00319. The summed E-state index contributed by atoms with van der Waals surface area (Å²) in [5, 5.41) is 11.7. The fourth-order valence-electron chi connectivity index (χ4n) is 2.84. The first kappa shape index (κ1) is 22.2. The molecule has 0 aromatic heterocycles. The Hall–Kier alpha value is -2.13. The van der Waals surface area contributed by atoms with Gasteiger partial charge in [0.05, 0.1) is 11.4 Å². The molecule has 0 heterocycles. The Balaban J connectivity index is 2.32. The highest BCUT2D eigenvalue weighted by Gasteiger charge is 2.21. The van der Waals surface area contributed by atoms with Gasteiger partial charge in [0.1, 0.15) is 6.34 Å². The van der Waals surface area contributed by atoms with Gasteiger partial charge in [-0.1, -0.05) is 80.5 Å². The van der Waals surface area contributed by atoms with E-state index in [9.17, 15) is 5.21 Å². The van der Waals surface area contributed by atoms with Crippen LogP contribution in [0.25, 0.3) is 0 Å². The van der Waals surface area contributed by atoms with Crippen molar-refractivity contribution in [3.8, 4) is 0 Å². The van der Waals surface area contributed by atoms with Crippen molar-refractivity contribution in [2.75, 3.05) is 5.06 Å². The molecule has 0 atom stereocenters. The monoisotopic (exact) mass is 380 g/mol. The van der Waals surface area contributed by atoms with Gasteiger partial charge in [0, 0.05) is 0 Å². The molecule has 0 fully saturated rings. The van der Waals surface area contributed by atoms with Crippen LogP contribution in [0.15, 0.2) is 47.5 Å². The summed E-state index contributed by atoms with van der Waals surface area (Å²) in [5.41, 5.74) is 5.30. The van der Waals surface area contributed by atoms with Crippen molar-refractivity contribution in [3.05, 3.63) is 59.2 Å². The Bertz CT molecular complexity index is 797. The van der Waals surface area contributed by atoms with Crippen molar-refractivity contribution in [1.29, 1.82) is 0 Å². The van der Waals surface area contributed by atoms with E-state index in [4.69, 9.17) is 0 Å². The Kier molecular flexibility index (Phi) is 6.10. The van der Waals surface area contributed by atoms with Gasteiger partial charge in [-0.3, -0.25) is 5.21 Å². The van der Waals surface area contributed by atoms with Gasteiger partial charge in [-0.05, 0) is 57.2 Å². The second kappa shape index (κ2) is 7.71. The maximum Gasteiger partial charge on any atom is 0.122 e. The molecule has 152 valence electrons. The smallest absolute Gasteiger partial charge is 0.122 e. The van der Waals surface area contributed by atoms with Crippen LogP contribution in [-0.2, 0) is 16.2 Å². The molecule has 2 aromatic rings. The average molecular weight is 381 g/mol. The van der Waals surface area contributed by atoms with Crippen molar-refractivity contribution >= 4 is 17.7 Å². The number of hydroxylamine groups is 1. The standard InChI is InChI=1S/C25H36N2O/c1-23(2,3)18-10-12-21(13-11-18)26-17-27(28)22-15-19(24(4,5)6)14-20(16-22)25(7,8)9/h10-17,28H,1-9H3. The zero-order valence-electron chi connectivity index (χ0n) is 19.0. The average Bonchev–Trinajstić information content (AvgIpc) is 2.57. The van der Waals surface area contributed by atoms with Crippen LogP contribution in [0.1, 0.15) is 79.0 Å². The van der Waals surface area contributed by atoms with Crippen molar-refractivity contribution in [2.24, 2.45) is 4.99 Å². The van der Waals surface area contributed by atoms with Gasteiger partial charge >= 0.3 is 0 Å². The zero-order chi connectivity index (χ0) is 21.3. The van der Waals surface area contributed by atoms with Gasteiger partial charge in [-0.2, -0.15) is 0 Å². The Morgan fingerprint density at radius 1 is 0.679 bits per heavy atom. The highest BCUT2D eigenvalue weighted by Crippen LogP contribution is 2.33. The Labute approximate surface area is 171 Å². The van der Waals surface area contributed by atoms with Gasteiger partial charge in [-0.15, -0.1) is 0 Å². The predicted molar refractivity (Wildman–Crippen MR) is 121 cm³/mol. The van der Waals surface area contributed by atoms with Crippen LogP contribution < -0.4 is 5.06 Å². The fourth-order valence-corrected chi connectivity index (χ4v) is 2.84. The van der Waals surface area contributed by atoms with E-state index in [1.54, 1.807) is 0 Å². The summed E-state index contributed by atoms with van der Waals surface area (Å²) in [7, 11) is 0. The molecule has 3 nitrogen and oxygen atoms in total. The first-order valence-corrected chi connectivity index (χ1v) is 9.97. The van der Waals surface area contributed by atoms with Crippen LogP contribution in [0.4, 0.5) is 11.4 Å². The van der Waals surface area contributed by atoms with Crippen LogP contribution >= 0.6 is 0 Å². The van der Waals surface area contributed by atoms with E-state index in [1.807, 2.05) is 24.3 Å². The van der Waals surface area contributed by atoms with Crippen molar-refractivity contribution in [1.82, 2.24) is 0 Å². The highest BCUT2D eigenvalue weighted by molar-refractivity contribution is 5.79. The first-order valence-electron chi connectivity index (χ1n) is 9.97. The third-order valence-corrected chi connectivity index (χ3v) is 4.96. The van der Waals surface area contributed by atoms with Gasteiger partial charge in [0.15, 0.2) is 0 Å². The number of benzene rings is 2. The molecule has 0 saturated carbocycles. The normalized spacial score (nSPS) is 13.2. The van der Waals surface area contributed by atoms with Crippen molar-refractivity contribution < 1.29 is 5.21 Å². The van der Waals surface area contributed by atoms with E-state index in [2.05, 4.69) is 85.5 Å². The summed E-state index contributed by atoms with van der Waals surface area (Å²) < 4.78 is 0. The largest absolute Gasteiger partial charge is 0.283 e. The summed E-state index contributed by atoms with van der Waals surface area (Å²) in [6.07, 6.45) is 1.47. The molecule has 0 aliphatic heterocycles. The molecule has 0 amide bonds. The van der Waals surface area contributed by atoms with E-state index in [1.165, 1.54) is 23.0 Å². The maximum atomic E-state index is 10.6. The van der Waals surface area contributed by atoms with Crippen LogP contribution in [0, 0.1) is 0 Å². The number of aliphatic imine (C=N–C) groups is 1. The molecule has 2 aromatic carbocycles.